The molecule has 1 atom stereocenters. The number of hydrogen-bond donors (Lipinski definition) is 1. The largest absolute Gasteiger partial charge is 0.463 e. The zero-order valence-electron chi connectivity index (χ0n) is 11.7. The van der Waals surface area contributed by atoms with Gasteiger partial charge in [-0.2, -0.15) is 5.10 Å². The lowest BCUT2D eigenvalue weighted by atomic mass is 10.1. The molecule has 5 nitrogen and oxygen atoms in total. The fourth-order valence-electron chi connectivity index (χ4n) is 2.00. The summed E-state index contributed by atoms with van der Waals surface area (Å²) in [4.78, 5) is 12.0. The van der Waals surface area contributed by atoms with Crippen LogP contribution in [0.25, 0.3) is 0 Å². The van der Waals surface area contributed by atoms with E-state index in [-0.39, 0.29) is 11.2 Å². The van der Waals surface area contributed by atoms with Gasteiger partial charge in [0.1, 0.15) is 5.76 Å². The fraction of sp³-hybridized carbons (Fsp3) is 0.133. The maximum Gasteiger partial charge on any atom is 0.239 e. The topological polar surface area (TPSA) is 67.0 Å². The standard InChI is InChI=1S/C15H11Cl2N3O2S/c16-11-5-1-3-9(13(11)17)7-12-14(21)19-15(23-12)20-18-8-10-4-2-6-22-10/h1-6,8,12H,7H2,(H,19,20,21)/b18-8-/t12-/m1/s1. The van der Waals surface area contributed by atoms with E-state index in [1.807, 2.05) is 12.1 Å². The molecule has 1 amide bonds. The minimum Gasteiger partial charge on any atom is -0.463 e. The van der Waals surface area contributed by atoms with Crippen molar-refractivity contribution in [3.8, 4) is 0 Å². The summed E-state index contributed by atoms with van der Waals surface area (Å²) in [6, 6.07) is 8.89. The lowest BCUT2D eigenvalue weighted by Gasteiger charge is -2.08. The van der Waals surface area contributed by atoms with Gasteiger partial charge >= 0.3 is 0 Å². The zero-order valence-corrected chi connectivity index (χ0v) is 14.0. The van der Waals surface area contributed by atoms with Crippen LogP contribution in [0.15, 0.2) is 51.2 Å². The van der Waals surface area contributed by atoms with Crippen molar-refractivity contribution in [2.24, 2.45) is 10.2 Å². The molecule has 1 N–H and O–H groups in total. The molecule has 2 heterocycles. The summed E-state index contributed by atoms with van der Waals surface area (Å²) >= 11 is 13.5. The fourth-order valence-corrected chi connectivity index (χ4v) is 3.34. The molecule has 118 valence electrons. The third kappa shape index (κ3) is 3.96. The van der Waals surface area contributed by atoms with Crippen LogP contribution in [0.4, 0.5) is 0 Å². The Labute approximate surface area is 146 Å². The third-order valence-electron chi connectivity index (χ3n) is 3.09. The zero-order chi connectivity index (χ0) is 16.2. The number of furan rings is 1. The maximum absolute atomic E-state index is 12.0. The molecule has 1 aromatic heterocycles. The number of hydrogen-bond acceptors (Lipinski definition) is 5. The van der Waals surface area contributed by atoms with E-state index in [1.54, 1.807) is 24.5 Å². The maximum atomic E-state index is 12.0. The molecule has 1 aliphatic rings. The van der Waals surface area contributed by atoms with E-state index in [0.29, 0.717) is 27.4 Å². The van der Waals surface area contributed by atoms with Gasteiger partial charge in [-0.25, -0.2) is 0 Å². The van der Waals surface area contributed by atoms with Crippen molar-refractivity contribution in [2.75, 3.05) is 0 Å². The van der Waals surface area contributed by atoms with Crippen molar-refractivity contribution in [2.45, 2.75) is 11.7 Å². The lowest BCUT2D eigenvalue weighted by molar-refractivity contribution is -0.118. The Morgan fingerprint density at radius 2 is 2.17 bits per heavy atom. The van der Waals surface area contributed by atoms with Gasteiger partial charge in [0.2, 0.25) is 5.91 Å². The first-order valence-electron chi connectivity index (χ1n) is 6.68. The predicted octanol–water partition coefficient (Wildman–Crippen LogP) is 3.75. The number of nitrogens with one attached hydrogen (secondary N) is 1. The lowest BCUT2D eigenvalue weighted by Crippen LogP contribution is -2.26. The van der Waals surface area contributed by atoms with E-state index in [4.69, 9.17) is 27.6 Å². The van der Waals surface area contributed by atoms with Crippen molar-refractivity contribution >= 4 is 52.3 Å². The molecule has 1 aliphatic heterocycles. The van der Waals surface area contributed by atoms with Crippen LogP contribution >= 0.6 is 35.0 Å². The van der Waals surface area contributed by atoms with Crippen LogP contribution in [0.1, 0.15) is 11.3 Å². The van der Waals surface area contributed by atoms with E-state index in [1.165, 1.54) is 18.0 Å². The summed E-state index contributed by atoms with van der Waals surface area (Å²) in [5.74, 6) is 0.462. The van der Waals surface area contributed by atoms with Crippen LogP contribution in [0.3, 0.4) is 0 Å². The molecule has 0 saturated carbocycles. The van der Waals surface area contributed by atoms with Gasteiger partial charge in [0.15, 0.2) is 5.17 Å². The quantitative estimate of drug-likeness (QED) is 0.660. The highest BCUT2D eigenvalue weighted by molar-refractivity contribution is 8.15. The minimum absolute atomic E-state index is 0.127. The first-order valence-corrected chi connectivity index (χ1v) is 8.32. The summed E-state index contributed by atoms with van der Waals surface area (Å²) in [5.41, 5.74) is 0.826. The van der Waals surface area contributed by atoms with Gasteiger partial charge in [0.25, 0.3) is 0 Å². The average Bonchev–Trinajstić information content (AvgIpc) is 3.15. The number of carbonyl (C=O) groups is 1. The van der Waals surface area contributed by atoms with Gasteiger partial charge in [-0.3, -0.25) is 4.79 Å². The third-order valence-corrected chi connectivity index (χ3v) is 5.02. The molecule has 1 fully saturated rings. The van der Waals surface area contributed by atoms with Crippen molar-refractivity contribution in [1.29, 1.82) is 0 Å². The number of rotatable bonds is 4. The smallest absolute Gasteiger partial charge is 0.239 e. The highest BCUT2D eigenvalue weighted by Crippen LogP contribution is 2.30. The number of amides is 1. The van der Waals surface area contributed by atoms with Crippen molar-refractivity contribution in [3.05, 3.63) is 58.0 Å². The Hall–Kier alpha value is -1.76. The summed E-state index contributed by atoms with van der Waals surface area (Å²) < 4.78 is 5.10. The molecule has 0 unspecified atom stereocenters. The highest BCUT2D eigenvalue weighted by atomic mass is 35.5. The van der Waals surface area contributed by atoms with E-state index in [0.717, 1.165) is 5.56 Å². The first-order chi connectivity index (χ1) is 11.1. The molecule has 23 heavy (non-hydrogen) atoms. The molecule has 8 heteroatoms. The summed E-state index contributed by atoms with van der Waals surface area (Å²) in [6.45, 7) is 0. The van der Waals surface area contributed by atoms with Crippen LogP contribution < -0.4 is 5.32 Å². The van der Waals surface area contributed by atoms with Gasteiger partial charge < -0.3 is 9.73 Å². The number of carbonyl (C=O) groups excluding carboxylic acids is 1. The molecular formula is C15H11Cl2N3O2S. The van der Waals surface area contributed by atoms with Crippen LogP contribution in [-0.2, 0) is 11.2 Å². The number of benzene rings is 1. The molecule has 0 radical (unpaired) electrons. The Morgan fingerprint density at radius 3 is 2.96 bits per heavy atom. The Morgan fingerprint density at radius 1 is 1.30 bits per heavy atom. The molecule has 3 rings (SSSR count). The van der Waals surface area contributed by atoms with Gasteiger partial charge in [-0.15, -0.1) is 5.10 Å². The Bertz CT molecular complexity index is 775. The van der Waals surface area contributed by atoms with E-state index >= 15 is 0 Å². The van der Waals surface area contributed by atoms with Crippen LogP contribution in [0.2, 0.25) is 10.0 Å². The summed E-state index contributed by atoms with van der Waals surface area (Å²) in [6.07, 6.45) is 3.49. The average molecular weight is 368 g/mol. The number of nitrogens with zero attached hydrogens (tertiary/aromatic N) is 2. The second-order valence-corrected chi connectivity index (χ2v) is 6.65. The van der Waals surface area contributed by atoms with E-state index < -0.39 is 0 Å². The van der Waals surface area contributed by atoms with Gasteiger partial charge in [-0.1, -0.05) is 47.1 Å². The van der Waals surface area contributed by atoms with Crippen molar-refractivity contribution in [3.63, 3.8) is 0 Å². The van der Waals surface area contributed by atoms with Crippen LogP contribution in [0, 0.1) is 0 Å². The molecule has 0 spiro atoms. The molecule has 1 saturated heterocycles. The molecule has 0 aliphatic carbocycles. The van der Waals surface area contributed by atoms with Gasteiger partial charge in [0, 0.05) is 0 Å². The number of thioether (sulfide) groups is 1. The van der Waals surface area contributed by atoms with Crippen molar-refractivity contribution < 1.29 is 9.21 Å². The van der Waals surface area contributed by atoms with Crippen molar-refractivity contribution in [1.82, 2.24) is 5.32 Å². The molecular weight excluding hydrogens is 357 g/mol. The summed E-state index contributed by atoms with van der Waals surface area (Å²) in [7, 11) is 0. The monoisotopic (exact) mass is 367 g/mol. The second kappa shape index (κ2) is 7.21. The number of halogens is 2. The van der Waals surface area contributed by atoms with Crippen LogP contribution in [-0.4, -0.2) is 22.5 Å². The SMILES string of the molecule is O=C1N/C(=N\N=C/c2ccco2)S[C@@H]1Cc1cccc(Cl)c1Cl. The molecule has 2 aromatic rings. The normalized spacial score (nSPS) is 19.7. The molecule has 1 aromatic carbocycles. The Balaban J connectivity index is 1.66. The highest BCUT2D eigenvalue weighted by Gasteiger charge is 2.31. The predicted molar refractivity (Wildman–Crippen MR) is 93.4 cm³/mol. The Kier molecular flexibility index (Phi) is 5.05. The first kappa shape index (κ1) is 16.1. The van der Waals surface area contributed by atoms with E-state index in [2.05, 4.69) is 15.5 Å². The molecule has 0 bridgehead atoms. The number of amidine groups is 1. The summed E-state index contributed by atoms with van der Waals surface area (Å²) in [5, 5.41) is 11.6. The van der Waals surface area contributed by atoms with Gasteiger partial charge in [0.05, 0.1) is 27.8 Å². The van der Waals surface area contributed by atoms with Crippen LogP contribution in [0.5, 0.6) is 0 Å². The second-order valence-electron chi connectivity index (χ2n) is 4.68. The minimum atomic E-state index is -0.316. The van der Waals surface area contributed by atoms with Gasteiger partial charge in [-0.05, 0) is 30.2 Å². The van der Waals surface area contributed by atoms with E-state index in [9.17, 15) is 4.79 Å².